The van der Waals surface area contributed by atoms with Crippen LogP contribution < -0.4 is 10.6 Å². The van der Waals surface area contributed by atoms with Gasteiger partial charge < -0.3 is 20.5 Å². The smallest absolute Gasteiger partial charge is 0.407 e. The van der Waals surface area contributed by atoms with Crippen molar-refractivity contribution in [3.05, 3.63) is 70.7 Å². The van der Waals surface area contributed by atoms with Crippen LogP contribution in [0.2, 0.25) is 5.02 Å². The topological polar surface area (TPSA) is 70.6 Å². The first-order valence-corrected chi connectivity index (χ1v) is 11.7. The Morgan fingerprint density at radius 1 is 1.12 bits per heavy atom. The zero-order valence-electron chi connectivity index (χ0n) is 19.2. The molecule has 0 radical (unpaired) electrons. The molecule has 1 fully saturated rings. The summed E-state index contributed by atoms with van der Waals surface area (Å²) in [5.41, 5.74) is 1.59. The van der Waals surface area contributed by atoms with Gasteiger partial charge in [-0.2, -0.15) is 0 Å². The normalized spacial score (nSPS) is 17.2. The van der Waals surface area contributed by atoms with Crippen LogP contribution in [0.5, 0.6) is 0 Å². The number of carbonyl (C=O) groups excluding carboxylic acids is 1. The summed E-state index contributed by atoms with van der Waals surface area (Å²) in [5.74, 6) is 0. The van der Waals surface area contributed by atoms with Crippen LogP contribution in [0, 0.1) is 0 Å². The van der Waals surface area contributed by atoms with Gasteiger partial charge in [-0.3, -0.25) is 0 Å². The SMILES string of the molecule is CC(C)(C)OC(=O)N[C@@H](Cc1ccccc1)[C@H](O)CNC1(Cc2cccc(Cl)c2)CCC1. The second kappa shape index (κ2) is 10.7. The van der Waals surface area contributed by atoms with Gasteiger partial charge in [0.1, 0.15) is 5.60 Å². The highest BCUT2D eigenvalue weighted by atomic mass is 35.5. The Labute approximate surface area is 196 Å². The number of nitrogens with one attached hydrogen (secondary N) is 2. The number of aliphatic hydroxyl groups excluding tert-OH is 1. The molecular weight excluding hydrogens is 424 g/mol. The van der Waals surface area contributed by atoms with Crippen molar-refractivity contribution in [2.45, 2.75) is 76.2 Å². The second-order valence-electron chi connectivity index (χ2n) is 9.83. The minimum absolute atomic E-state index is 0.0467. The summed E-state index contributed by atoms with van der Waals surface area (Å²) < 4.78 is 5.43. The minimum atomic E-state index is -0.764. The fourth-order valence-corrected chi connectivity index (χ4v) is 4.34. The van der Waals surface area contributed by atoms with E-state index in [1.165, 1.54) is 5.56 Å². The number of aliphatic hydroxyl groups is 1. The molecule has 1 saturated carbocycles. The van der Waals surface area contributed by atoms with Crippen molar-refractivity contribution < 1.29 is 14.6 Å². The number of hydrogen-bond donors (Lipinski definition) is 3. The molecule has 5 nitrogen and oxygen atoms in total. The number of benzene rings is 2. The lowest BCUT2D eigenvalue weighted by Crippen LogP contribution is -2.57. The Morgan fingerprint density at radius 3 is 2.41 bits per heavy atom. The van der Waals surface area contributed by atoms with E-state index < -0.39 is 23.8 Å². The summed E-state index contributed by atoms with van der Waals surface area (Å²) in [4.78, 5) is 12.4. The fourth-order valence-electron chi connectivity index (χ4n) is 4.13. The highest BCUT2D eigenvalue weighted by Gasteiger charge is 2.37. The van der Waals surface area contributed by atoms with Crippen LogP contribution in [0.1, 0.15) is 51.2 Å². The summed E-state index contributed by atoms with van der Waals surface area (Å²) in [6, 6.07) is 17.3. The summed E-state index contributed by atoms with van der Waals surface area (Å²) in [7, 11) is 0. The lowest BCUT2D eigenvalue weighted by Gasteiger charge is -2.44. The predicted octanol–water partition coefficient (Wildman–Crippen LogP) is 4.89. The summed E-state index contributed by atoms with van der Waals surface area (Å²) in [6.07, 6.45) is 3.36. The van der Waals surface area contributed by atoms with Gasteiger partial charge in [0.15, 0.2) is 0 Å². The highest BCUT2D eigenvalue weighted by molar-refractivity contribution is 6.30. The molecule has 1 aliphatic rings. The van der Waals surface area contributed by atoms with Crippen LogP contribution in [0.15, 0.2) is 54.6 Å². The maximum atomic E-state index is 12.4. The molecule has 174 valence electrons. The molecule has 0 aliphatic heterocycles. The van der Waals surface area contributed by atoms with Crippen LogP contribution in [-0.4, -0.2) is 41.0 Å². The van der Waals surface area contributed by atoms with Gasteiger partial charge in [-0.05, 0) is 76.1 Å². The molecule has 0 spiro atoms. The van der Waals surface area contributed by atoms with Gasteiger partial charge in [0.05, 0.1) is 12.1 Å². The van der Waals surface area contributed by atoms with E-state index in [9.17, 15) is 9.90 Å². The van der Waals surface area contributed by atoms with Gasteiger partial charge in [-0.1, -0.05) is 54.1 Å². The maximum absolute atomic E-state index is 12.4. The third kappa shape index (κ3) is 7.51. The van der Waals surface area contributed by atoms with E-state index in [4.69, 9.17) is 16.3 Å². The average molecular weight is 459 g/mol. The van der Waals surface area contributed by atoms with E-state index in [0.717, 1.165) is 36.3 Å². The Bertz CT molecular complexity index is 878. The van der Waals surface area contributed by atoms with Crippen LogP contribution in [0.25, 0.3) is 0 Å². The zero-order chi connectivity index (χ0) is 23.2. The third-order valence-corrected chi connectivity index (χ3v) is 6.13. The van der Waals surface area contributed by atoms with Crippen molar-refractivity contribution in [2.75, 3.05) is 6.54 Å². The molecule has 1 aliphatic carbocycles. The van der Waals surface area contributed by atoms with Crippen LogP contribution in [0.4, 0.5) is 4.79 Å². The summed E-state index contributed by atoms with van der Waals surface area (Å²) in [6.45, 7) is 5.86. The van der Waals surface area contributed by atoms with Gasteiger partial charge >= 0.3 is 6.09 Å². The number of β-amino-alcohol motifs (C(OH)–C–C–N with tert-alkyl or cyclic N) is 1. The number of carbonyl (C=O) groups is 1. The molecule has 6 heteroatoms. The molecule has 3 N–H and O–H groups in total. The van der Waals surface area contributed by atoms with E-state index in [1.807, 2.05) is 69.3 Å². The number of hydrogen-bond acceptors (Lipinski definition) is 4. The summed E-state index contributed by atoms with van der Waals surface area (Å²) >= 11 is 6.16. The first kappa shape index (κ1) is 24.6. The molecule has 3 rings (SSSR count). The van der Waals surface area contributed by atoms with Crippen LogP contribution >= 0.6 is 11.6 Å². The van der Waals surface area contributed by atoms with Crippen molar-refractivity contribution in [2.24, 2.45) is 0 Å². The van der Waals surface area contributed by atoms with E-state index in [2.05, 4.69) is 16.7 Å². The van der Waals surface area contributed by atoms with Crippen LogP contribution in [-0.2, 0) is 17.6 Å². The van der Waals surface area contributed by atoms with Crippen molar-refractivity contribution in [3.63, 3.8) is 0 Å². The fraction of sp³-hybridized carbons (Fsp3) is 0.500. The molecule has 0 heterocycles. The van der Waals surface area contributed by atoms with Gasteiger partial charge in [0.2, 0.25) is 0 Å². The molecule has 2 atom stereocenters. The van der Waals surface area contributed by atoms with E-state index in [0.29, 0.717) is 13.0 Å². The molecular formula is C26H35ClN2O3. The third-order valence-electron chi connectivity index (χ3n) is 5.89. The predicted molar refractivity (Wildman–Crippen MR) is 129 cm³/mol. The van der Waals surface area contributed by atoms with E-state index in [1.54, 1.807) is 0 Å². The standard InChI is InChI=1S/C26H35ClN2O3/c1-25(2,3)32-24(31)29-22(16-19-9-5-4-6-10-19)23(30)18-28-26(13-8-14-26)17-20-11-7-12-21(27)15-20/h4-7,9-12,15,22-23,28,30H,8,13-14,16-18H2,1-3H3,(H,29,31)/t22-,23+/m0/s1. The van der Waals surface area contributed by atoms with E-state index in [-0.39, 0.29) is 5.54 Å². The maximum Gasteiger partial charge on any atom is 0.407 e. The molecule has 1 amide bonds. The Morgan fingerprint density at radius 2 is 1.81 bits per heavy atom. The monoisotopic (exact) mass is 458 g/mol. The lowest BCUT2D eigenvalue weighted by atomic mass is 9.72. The largest absolute Gasteiger partial charge is 0.444 e. The van der Waals surface area contributed by atoms with Crippen LogP contribution in [0.3, 0.4) is 0 Å². The Kier molecular flexibility index (Phi) is 8.21. The number of halogens is 1. The molecule has 0 bridgehead atoms. The molecule has 0 saturated heterocycles. The van der Waals surface area contributed by atoms with Gasteiger partial charge in [0.25, 0.3) is 0 Å². The van der Waals surface area contributed by atoms with E-state index >= 15 is 0 Å². The zero-order valence-corrected chi connectivity index (χ0v) is 20.0. The van der Waals surface area contributed by atoms with Crippen molar-refractivity contribution in [1.82, 2.24) is 10.6 Å². The average Bonchev–Trinajstić information content (AvgIpc) is 2.68. The molecule has 2 aromatic carbocycles. The number of ether oxygens (including phenoxy) is 1. The second-order valence-corrected chi connectivity index (χ2v) is 10.3. The lowest BCUT2D eigenvalue weighted by molar-refractivity contribution is 0.0401. The minimum Gasteiger partial charge on any atom is -0.444 e. The quantitative estimate of drug-likeness (QED) is 0.500. The Balaban J connectivity index is 1.65. The first-order valence-electron chi connectivity index (χ1n) is 11.4. The molecule has 0 aromatic heterocycles. The molecule has 2 aromatic rings. The summed E-state index contributed by atoms with van der Waals surface area (Å²) in [5, 5.41) is 18.3. The molecule has 0 unspecified atom stereocenters. The number of alkyl carbamates (subject to hydrolysis) is 1. The Hall–Kier alpha value is -2.08. The number of rotatable bonds is 9. The first-order chi connectivity index (χ1) is 15.1. The van der Waals surface area contributed by atoms with Gasteiger partial charge in [-0.15, -0.1) is 0 Å². The van der Waals surface area contributed by atoms with Gasteiger partial charge in [0, 0.05) is 17.1 Å². The van der Waals surface area contributed by atoms with Gasteiger partial charge in [-0.25, -0.2) is 4.79 Å². The van der Waals surface area contributed by atoms with Crippen molar-refractivity contribution in [3.8, 4) is 0 Å². The molecule has 32 heavy (non-hydrogen) atoms. The highest BCUT2D eigenvalue weighted by Crippen LogP contribution is 2.35. The van der Waals surface area contributed by atoms with Crippen molar-refractivity contribution in [1.29, 1.82) is 0 Å². The number of amides is 1. The van der Waals surface area contributed by atoms with Crippen molar-refractivity contribution >= 4 is 17.7 Å².